The zero-order valence-electron chi connectivity index (χ0n) is 10.5. The van der Waals surface area contributed by atoms with Crippen LogP contribution in [0.15, 0.2) is 0 Å². The lowest BCUT2D eigenvalue weighted by molar-refractivity contribution is -0.147. The van der Waals surface area contributed by atoms with Crippen LogP contribution in [0.25, 0.3) is 0 Å². The molecule has 4 heteroatoms. The second-order valence-corrected chi connectivity index (χ2v) is 5.34. The van der Waals surface area contributed by atoms with E-state index in [1.54, 1.807) is 13.8 Å². The number of hydrogen-bond acceptors (Lipinski definition) is 3. The molecule has 1 atom stereocenters. The Morgan fingerprint density at radius 2 is 2.25 bits per heavy atom. The zero-order chi connectivity index (χ0) is 12.2. The Morgan fingerprint density at radius 1 is 1.56 bits per heavy atom. The van der Waals surface area contributed by atoms with E-state index in [9.17, 15) is 4.79 Å². The normalized spacial score (nSPS) is 21.6. The number of carboxylic acids is 1. The van der Waals surface area contributed by atoms with Crippen LogP contribution in [-0.2, 0) is 9.53 Å². The van der Waals surface area contributed by atoms with Crippen LogP contribution in [0.5, 0.6) is 0 Å². The minimum atomic E-state index is -0.724. The van der Waals surface area contributed by atoms with Gasteiger partial charge in [0.2, 0.25) is 0 Å². The standard InChI is InChI=1S/C12H23NO3/c1-12(2,11(14)15)6-7-13(3)9-10-5-4-8-16-10/h10H,4-9H2,1-3H3,(H,14,15). The van der Waals surface area contributed by atoms with E-state index < -0.39 is 11.4 Å². The summed E-state index contributed by atoms with van der Waals surface area (Å²) in [6.07, 6.45) is 3.30. The Morgan fingerprint density at radius 3 is 2.75 bits per heavy atom. The van der Waals surface area contributed by atoms with Gasteiger partial charge in [-0.25, -0.2) is 0 Å². The first-order chi connectivity index (χ1) is 7.42. The van der Waals surface area contributed by atoms with Crippen molar-refractivity contribution in [3.8, 4) is 0 Å². The van der Waals surface area contributed by atoms with Crippen molar-refractivity contribution >= 4 is 5.97 Å². The summed E-state index contributed by atoms with van der Waals surface area (Å²) in [5.41, 5.74) is -0.634. The molecular weight excluding hydrogens is 206 g/mol. The van der Waals surface area contributed by atoms with E-state index in [-0.39, 0.29) is 0 Å². The van der Waals surface area contributed by atoms with Crippen LogP contribution in [0.1, 0.15) is 33.1 Å². The molecule has 1 fully saturated rings. The predicted octanol–water partition coefficient (Wildman–Crippen LogP) is 1.60. The van der Waals surface area contributed by atoms with Gasteiger partial charge in [-0.2, -0.15) is 0 Å². The molecule has 0 aromatic rings. The second-order valence-electron chi connectivity index (χ2n) is 5.34. The summed E-state index contributed by atoms with van der Waals surface area (Å²) < 4.78 is 5.55. The molecule has 0 radical (unpaired) electrons. The quantitative estimate of drug-likeness (QED) is 0.751. The van der Waals surface area contributed by atoms with Gasteiger partial charge in [-0.15, -0.1) is 0 Å². The van der Waals surface area contributed by atoms with Gasteiger partial charge < -0.3 is 14.7 Å². The lowest BCUT2D eigenvalue weighted by Crippen LogP contribution is -2.34. The van der Waals surface area contributed by atoms with E-state index in [0.29, 0.717) is 12.5 Å². The Labute approximate surface area is 97.6 Å². The molecule has 0 bridgehead atoms. The van der Waals surface area contributed by atoms with Gasteiger partial charge in [-0.05, 0) is 46.7 Å². The lowest BCUT2D eigenvalue weighted by Gasteiger charge is -2.25. The fourth-order valence-corrected chi connectivity index (χ4v) is 1.80. The Hall–Kier alpha value is -0.610. The summed E-state index contributed by atoms with van der Waals surface area (Å²) in [5.74, 6) is -0.724. The molecule has 94 valence electrons. The average molecular weight is 229 g/mol. The van der Waals surface area contributed by atoms with Gasteiger partial charge in [0.25, 0.3) is 0 Å². The number of carboxylic acid groups (broad SMARTS) is 1. The highest BCUT2D eigenvalue weighted by Crippen LogP contribution is 2.21. The van der Waals surface area contributed by atoms with E-state index >= 15 is 0 Å². The number of ether oxygens (including phenoxy) is 1. The first-order valence-corrected chi connectivity index (χ1v) is 5.95. The maximum Gasteiger partial charge on any atom is 0.309 e. The Balaban J connectivity index is 2.23. The van der Waals surface area contributed by atoms with Crippen molar-refractivity contribution < 1.29 is 14.6 Å². The number of carbonyl (C=O) groups is 1. The molecule has 1 unspecified atom stereocenters. The number of likely N-dealkylation sites (N-methyl/N-ethyl adjacent to an activating group) is 1. The summed E-state index contributed by atoms with van der Waals surface area (Å²) in [4.78, 5) is 13.1. The first-order valence-electron chi connectivity index (χ1n) is 5.95. The van der Waals surface area contributed by atoms with Gasteiger partial charge in [-0.3, -0.25) is 4.79 Å². The van der Waals surface area contributed by atoms with Crippen molar-refractivity contribution in [3.05, 3.63) is 0 Å². The second kappa shape index (κ2) is 5.64. The van der Waals surface area contributed by atoms with E-state index in [0.717, 1.165) is 32.5 Å². The molecule has 0 aliphatic carbocycles. The van der Waals surface area contributed by atoms with Crippen molar-refractivity contribution in [3.63, 3.8) is 0 Å². The molecule has 1 N–H and O–H groups in total. The largest absolute Gasteiger partial charge is 0.481 e. The maximum atomic E-state index is 10.9. The molecule has 1 saturated heterocycles. The summed E-state index contributed by atoms with van der Waals surface area (Å²) >= 11 is 0. The highest BCUT2D eigenvalue weighted by Gasteiger charge is 2.27. The van der Waals surface area contributed by atoms with Crippen LogP contribution in [0, 0.1) is 5.41 Å². The number of rotatable bonds is 6. The van der Waals surface area contributed by atoms with Gasteiger partial charge in [0.15, 0.2) is 0 Å². The lowest BCUT2D eigenvalue weighted by atomic mass is 9.89. The average Bonchev–Trinajstić information content (AvgIpc) is 2.67. The molecule has 1 rings (SSSR count). The van der Waals surface area contributed by atoms with Crippen LogP contribution in [-0.4, -0.2) is 48.8 Å². The number of hydrogen-bond donors (Lipinski definition) is 1. The van der Waals surface area contributed by atoms with E-state index in [1.807, 2.05) is 7.05 Å². The van der Waals surface area contributed by atoms with Gasteiger partial charge in [-0.1, -0.05) is 0 Å². The van der Waals surface area contributed by atoms with Crippen LogP contribution in [0.4, 0.5) is 0 Å². The summed E-state index contributed by atoms with van der Waals surface area (Å²) in [6, 6.07) is 0. The van der Waals surface area contributed by atoms with Crippen molar-refractivity contribution in [2.45, 2.75) is 39.2 Å². The molecule has 4 nitrogen and oxygen atoms in total. The molecule has 16 heavy (non-hydrogen) atoms. The Kier molecular flexibility index (Phi) is 4.74. The molecule has 1 aliphatic heterocycles. The Bertz CT molecular complexity index is 234. The molecule has 0 saturated carbocycles. The monoisotopic (exact) mass is 229 g/mol. The van der Waals surface area contributed by atoms with Gasteiger partial charge >= 0.3 is 5.97 Å². The van der Waals surface area contributed by atoms with E-state index in [2.05, 4.69) is 4.90 Å². The summed E-state index contributed by atoms with van der Waals surface area (Å²) in [5, 5.41) is 9.00. The number of nitrogens with zero attached hydrogens (tertiary/aromatic N) is 1. The minimum absolute atomic E-state index is 0.345. The third-order valence-electron chi connectivity index (χ3n) is 3.24. The SMILES string of the molecule is CN(CCC(C)(C)C(=O)O)CC1CCCO1. The van der Waals surface area contributed by atoms with Crippen LogP contribution in [0.3, 0.4) is 0 Å². The molecule has 0 aromatic heterocycles. The molecular formula is C12H23NO3. The molecule has 0 amide bonds. The van der Waals surface area contributed by atoms with Gasteiger partial charge in [0.1, 0.15) is 0 Å². The van der Waals surface area contributed by atoms with Crippen LogP contribution >= 0.6 is 0 Å². The highest BCUT2D eigenvalue weighted by molar-refractivity contribution is 5.73. The fraction of sp³-hybridized carbons (Fsp3) is 0.917. The maximum absolute atomic E-state index is 10.9. The van der Waals surface area contributed by atoms with Crippen LogP contribution in [0.2, 0.25) is 0 Å². The third kappa shape index (κ3) is 4.10. The summed E-state index contributed by atoms with van der Waals surface area (Å²) in [6.45, 7) is 6.14. The van der Waals surface area contributed by atoms with Crippen molar-refractivity contribution in [2.24, 2.45) is 5.41 Å². The van der Waals surface area contributed by atoms with Gasteiger partial charge in [0.05, 0.1) is 11.5 Å². The molecule has 0 spiro atoms. The third-order valence-corrected chi connectivity index (χ3v) is 3.24. The molecule has 1 heterocycles. The smallest absolute Gasteiger partial charge is 0.309 e. The first kappa shape index (κ1) is 13.5. The zero-order valence-corrected chi connectivity index (χ0v) is 10.5. The highest BCUT2D eigenvalue weighted by atomic mass is 16.5. The van der Waals surface area contributed by atoms with E-state index in [4.69, 9.17) is 9.84 Å². The van der Waals surface area contributed by atoms with Crippen molar-refractivity contribution in [2.75, 3.05) is 26.7 Å². The minimum Gasteiger partial charge on any atom is -0.481 e. The van der Waals surface area contributed by atoms with Crippen molar-refractivity contribution in [1.82, 2.24) is 4.90 Å². The number of aliphatic carboxylic acids is 1. The summed E-state index contributed by atoms with van der Waals surface area (Å²) in [7, 11) is 2.03. The fourth-order valence-electron chi connectivity index (χ4n) is 1.80. The predicted molar refractivity (Wildman–Crippen MR) is 62.5 cm³/mol. The van der Waals surface area contributed by atoms with Crippen LogP contribution < -0.4 is 0 Å². The van der Waals surface area contributed by atoms with Gasteiger partial charge in [0, 0.05) is 13.2 Å². The molecule has 1 aliphatic rings. The molecule has 0 aromatic carbocycles. The topological polar surface area (TPSA) is 49.8 Å². The van der Waals surface area contributed by atoms with Crippen molar-refractivity contribution in [1.29, 1.82) is 0 Å². The van der Waals surface area contributed by atoms with E-state index in [1.165, 1.54) is 0 Å².